The van der Waals surface area contributed by atoms with E-state index in [-0.39, 0.29) is 4.90 Å². The maximum absolute atomic E-state index is 12.7. The topological polar surface area (TPSA) is 75.2 Å². The van der Waals surface area contributed by atoms with Crippen LogP contribution in [-0.4, -0.2) is 31.5 Å². The van der Waals surface area contributed by atoms with E-state index in [2.05, 4.69) is 26.5 Å². The van der Waals surface area contributed by atoms with E-state index in [1.807, 2.05) is 30.3 Å². The van der Waals surface area contributed by atoms with Gasteiger partial charge in [-0.25, -0.2) is 18.4 Å². The summed E-state index contributed by atoms with van der Waals surface area (Å²) in [5.41, 5.74) is 2.36. The molecule has 0 bridgehead atoms. The van der Waals surface area contributed by atoms with E-state index in [1.54, 1.807) is 24.3 Å². The van der Waals surface area contributed by atoms with Crippen LogP contribution < -0.4 is 9.62 Å². The first-order chi connectivity index (χ1) is 14.0. The molecule has 3 aromatic rings. The van der Waals surface area contributed by atoms with E-state index >= 15 is 0 Å². The van der Waals surface area contributed by atoms with Crippen molar-refractivity contribution in [3.8, 4) is 11.1 Å². The van der Waals surface area contributed by atoms with Crippen LogP contribution in [0.1, 0.15) is 19.8 Å². The second-order valence-electron chi connectivity index (χ2n) is 7.44. The highest BCUT2D eigenvalue weighted by Gasteiger charge is 2.19. The van der Waals surface area contributed by atoms with Crippen LogP contribution in [0.2, 0.25) is 0 Å². The molecule has 1 saturated heterocycles. The van der Waals surface area contributed by atoms with Crippen LogP contribution in [0.5, 0.6) is 0 Å². The number of aromatic nitrogens is 2. The third kappa shape index (κ3) is 4.56. The van der Waals surface area contributed by atoms with Gasteiger partial charge in [0.05, 0.1) is 23.0 Å². The summed E-state index contributed by atoms with van der Waals surface area (Å²) in [7, 11) is -3.70. The molecule has 150 valence electrons. The zero-order chi connectivity index (χ0) is 20.3. The first-order valence-electron chi connectivity index (χ1n) is 9.76. The predicted molar refractivity (Wildman–Crippen MR) is 115 cm³/mol. The summed E-state index contributed by atoms with van der Waals surface area (Å²) in [6.45, 7) is 4.11. The number of anilines is 2. The molecule has 2 aromatic carbocycles. The van der Waals surface area contributed by atoms with Crippen molar-refractivity contribution in [2.75, 3.05) is 22.7 Å². The second kappa shape index (κ2) is 8.21. The molecule has 29 heavy (non-hydrogen) atoms. The summed E-state index contributed by atoms with van der Waals surface area (Å²) < 4.78 is 27.9. The normalized spacial score (nSPS) is 15.3. The minimum absolute atomic E-state index is 0.200. The van der Waals surface area contributed by atoms with E-state index in [9.17, 15) is 8.42 Å². The van der Waals surface area contributed by atoms with Crippen LogP contribution in [-0.2, 0) is 10.0 Å². The maximum Gasteiger partial charge on any atom is 0.261 e. The fraction of sp³-hybridized carbons (Fsp3) is 0.273. The van der Waals surface area contributed by atoms with Crippen molar-refractivity contribution in [1.29, 1.82) is 0 Å². The monoisotopic (exact) mass is 408 g/mol. The molecule has 7 heteroatoms. The summed E-state index contributed by atoms with van der Waals surface area (Å²) in [6.07, 6.45) is 5.29. The molecule has 1 aliphatic rings. The van der Waals surface area contributed by atoms with Gasteiger partial charge in [0.2, 0.25) is 5.95 Å². The van der Waals surface area contributed by atoms with E-state index in [4.69, 9.17) is 0 Å². The van der Waals surface area contributed by atoms with Gasteiger partial charge in [-0.15, -0.1) is 0 Å². The van der Waals surface area contributed by atoms with Crippen molar-refractivity contribution < 1.29 is 8.42 Å². The molecule has 1 aromatic heterocycles. The molecular weight excluding hydrogens is 384 g/mol. The van der Waals surface area contributed by atoms with Gasteiger partial charge >= 0.3 is 0 Å². The van der Waals surface area contributed by atoms with E-state index in [0.29, 0.717) is 11.6 Å². The minimum Gasteiger partial charge on any atom is -0.341 e. The van der Waals surface area contributed by atoms with Gasteiger partial charge in [-0.05, 0) is 42.0 Å². The zero-order valence-corrected chi connectivity index (χ0v) is 17.1. The van der Waals surface area contributed by atoms with Crippen molar-refractivity contribution in [2.45, 2.75) is 24.7 Å². The van der Waals surface area contributed by atoms with Gasteiger partial charge in [-0.2, -0.15) is 0 Å². The van der Waals surface area contributed by atoms with Crippen molar-refractivity contribution in [1.82, 2.24) is 9.97 Å². The molecule has 1 aliphatic heterocycles. The lowest BCUT2D eigenvalue weighted by atomic mass is 10.00. The Morgan fingerprint density at radius 1 is 0.897 bits per heavy atom. The minimum atomic E-state index is -3.70. The standard InChI is InChI=1S/C22H24N4O2S/c1-17-11-13-26(14-12-17)22-23-15-20(16-24-22)25-29(27,28)21-9-7-19(8-10-21)18-5-3-2-4-6-18/h2-10,15-17,25H,11-14H2,1H3. The van der Waals surface area contributed by atoms with Gasteiger partial charge in [0.1, 0.15) is 0 Å². The first-order valence-corrected chi connectivity index (χ1v) is 11.2. The van der Waals surface area contributed by atoms with Crippen LogP contribution >= 0.6 is 0 Å². The van der Waals surface area contributed by atoms with Crippen LogP contribution in [0.25, 0.3) is 11.1 Å². The predicted octanol–water partition coefficient (Wildman–Crippen LogP) is 4.18. The number of nitrogens with one attached hydrogen (secondary N) is 1. The molecule has 4 rings (SSSR count). The smallest absolute Gasteiger partial charge is 0.261 e. The van der Waals surface area contributed by atoms with Gasteiger partial charge in [0.25, 0.3) is 10.0 Å². The molecule has 0 amide bonds. The average Bonchev–Trinajstić information content (AvgIpc) is 2.75. The third-order valence-corrected chi connectivity index (χ3v) is 6.63. The Bertz CT molecular complexity index is 1040. The summed E-state index contributed by atoms with van der Waals surface area (Å²) in [5.74, 6) is 1.37. The number of benzene rings is 2. The Labute approximate surface area is 171 Å². The average molecular weight is 409 g/mol. The number of piperidine rings is 1. The largest absolute Gasteiger partial charge is 0.341 e. The molecule has 0 radical (unpaired) electrons. The molecule has 0 unspecified atom stereocenters. The first kappa shape index (κ1) is 19.4. The summed E-state index contributed by atoms with van der Waals surface area (Å²) in [4.78, 5) is 11.0. The lowest BCUT2D eigenvalue weighted by Gasteiger charge is -2.30. The fourth-order valence-electron chi connectivity index (χ4n) is 3.42. The SMILES string of the molecule is CC1CCN(c2ncc(NS(=O)(=O)c3ccc(-c4ccccc4)cc3)cn2)CC1. The fourth-order valence-corrected chi connectivity index (χ4v) is 4.44. The molecule has 0 saturated carbocycles. The maximum atomic E-state index is 12.7. The number of rotatable bonds is 5. The zero-order valence-electron chi connectivity index (χ0n) is 16.3. The molecular formula is C22H24N4O2S. The lowest BCUT2D eigenvalue weighted by molar-refractivity contribution is 0.434. The van der Waals surface area contributed by atoms with Gasteiger partial charge in [-0.3, -0.25) is 4.72 Å². The molecule has 0 aliphatic carbocycles. The summed E-state index contributed by atoms with van der Waals surface area (Å²) in [6, 6.07) is 16.7. The second-order valence-corrected chi connectivity index (χ2v) is 9.12. The molecule has 1 fully saturated rings. The quantitative estimate of drug-likeness (QED) is 0.685. The molecule has 0 spiro atoms. The Morgan fingerprint density at radius 3 is 2.10 bits per heavy atom. The highest BCUT2D eigenvalue weighted by Crippen LogP contribution is 2.23. The van der Waals surface area contributed by atoms with Crippen LogP contribution in [0.4, 0.5) is 11.6 Å². The Kier molecular flexibility index (Phi) is 5.49. The van der Waals surface area contributed by atoms with Gasteiger partial charge in [0.15, 0.2) is 0 Å². The van der Waals surface area contributed by atoms with Crippen LogP contribution in [0.15, 0.2) is 71.9 Å². The number of hydrogen-bond donors (Lipinski definition) is 1. The van der Waals surface area contributed by atoms with E-state index in [1.165, 1.54) is 12.4 Å². The van der Waals surface area contributed by atoms with Crippen molar-refractivity contribution in [3.63, 3.8) is 0 Å². The number of nitrogens with zero attached hydrogens (tertiary/aromatic N) is 3. The molecule has 1 N–H and O–H groups in total. The van der Waals surface area contributed by atoms with Gasteiger partial charge in [-0.1, -0.05) is 49.4 Å². The van der Waals surface area contributed by atoms with Crippen LogP contribution in [0, 0.1) is 5.92 Å². The molecule has 2 heterocycles. The van der Waals surface area contributed by atoms with E-state index in [0.717, 1.165) is 43.0 Å². The molecule has 6 nitrogen and oxygen atoms in total. The Hall–Kier alpha value is -2.93. The van der Waals surface area contributed by atoms with Crippen molar-refractivity contribution in [2.24, 2.45) is 5.92 Å². The lowest BCUT2D eigenvalue weighted by Crippen LogP contribution is -2.34. The highest BCUT2D eigenvalue weighted by atomic mass is 32.2. The summed E-state index contributed by atoms with van der Waals surface area (Å²) in [5, 5.41) is 0. The van der Waals surface area contributed by atoms with Crippen molar-refractivity contribution in [3.05, 3.63) is 67.0 Å². The van der Waals surface area contributed by atoms with Gasteiger partial charge in [0, 0.05) is 13.1 Å². The molecule has 0 atom stereocenters. The Morgan fingerprint density at radius 2 is 1.48 bits per heavy atom. The summed E-state index contributed by atoms with van der Waals surface area (Å²) >= 11 is 0. The van der Waals surface area contributed by atoms with Crippen LogP contribution in [0.3, 0.4) is 0 Å². The van der Waals surface area contributed by atoms with E-state index < -0.39 is 10.0 Å². The van der Waals surface area contributed by atoms with Gasteiger partial charge < -0.3 is 4.90 Å². The Balaban J connectivity index is 1.45. The number of hydrogen-bond acceptors (Lipinski definition) is 5. The third-order valence-electron chi connectivity index (χ3n) is 5.23. The number of sulfonamides is 1. The van der Waals surface area contributed by atoms with Crippen molar-refractivity contribution >= 4 is 21.7 Å². The highest BCUT2D eigenvalue weighted by molar-refractivity contribution is 7.92.